The summed E-state index contributed by atoms with van der Waals surface area (Å²) in [7, 11) is 0. The molecule has 0 aromatic carbocycles. The van der Waals surface area contributed by atoms with Gasteiger partial charge in [-0.1, -0.05) is 27.7 Å². The van der Waals surface area contributed by atoms with Crippen molar-refractivity contribution in [2.24, 2.45) is 0 Å². The van der Waals surface area contributed by atoms with Crippen molar-refractivity contribution in [1.29, 1.82) is 0 Å². The average Bonchev–Trinajstić information content (AvgIpc) is 1.48. The highest BCUT2D eigenvalue weighted by Crippen LogP contribution is 2.33. The van der Waals surface area contributed by atoms with Crippen LogP contribution in [-0.2, 0) is 0 Å². The summed E-state index contributed by atoms with van der Waals surface area (Å²) in [5, 5.41) is 3.97. The topological polar surface area (TPSA) is 14.1 Å². The number of alkyl halides is 3. The fraction of sp³-hybridized carbons (Fsp3) is 1.00. The van der Waals surface area contributed by atoms with Crippen molar-refractivity contribution in [3.8, 4) is 0 Å². The van der Waals surface area contributed by atoms with Gasteiger partial charge in [0.2, 0.25) is 0 Å². The second kappa shape index (κ2) is 3.64. The molecule has 0 spiro atoms. The SMILES string of the molecule is CC(C)[N-]C(C)(C)CC(F)(F)F. The van der Waals surface area contributed by atoms with Gasteiger partial charge < -0.3 is 5.32 Å². The van der Waals surface area contributed by atoms with E-state index in [0.717, 1.165) is 0 Å². The lowest BCUT2D eigenvalue weighted by Gasteiger charge is -2.44. The lowest BCUT2D eigenvalue weighted by atomic mass is 9.99. The molecule has 0 aromatic rings. The molecule has 0 aliphatic carbocycles. The molecular weight excluding hydrogens is 167 g/mol. The fourth-order valence-corrected chi connectivity index (χ4v) is 1.24. The number of hydrogen-bond acceptors (Lipinski definition) is 0. The molecule has 0 saturated heterocycles. The molecule has 0 radical (unpaired) electrons. The second-order valence-corrected chi connectivity index (χ2v) is 3.83. The predicted molar refractivity (Wildman–Crippen MR) is 43.2 cm³/mol. The van der Waals surface area contributed by atoms with Crippen molar-refractivity contribution in [2.75, 3.05) is 0 Å². The van der Waals surface area contributed by atoms with Gasteiger partial charge in [-0.05, 0) is 0 Å². The molecule has 0 aliphatic heterocycles. The zero-order valence-corrected chi connectivity index (χ0v) is 7.87. The van der Waals surface area contributed by atoms with Crippen molar-refractivity contribution in [3.63, 3.8) is 0 Å². The normalized spacial score (nSPS) is 14.0. The van der Waals surface area contributed by atoms with Crippen molar-refractivity contribution in [1.82, 2.24) is 0 Å². The van der Waals surface area contributed by atoms with E-state index in [1.54, 1.807) is 13.8 Å². The first kappa shape index (κ1) is 11.8. The van der Waals surface area contributed by atoms with Gasteiger partial charge in [-0.15, -0.1) is 11.6 Å². The lowest BCUT2D eigenvalue weighted by Crippen LogP contribution is -2.29. The first-order valence-electron chi connectivity index (χ1n) is 3.91. The molecule has 74 valence electrons. The van der Waals surface area contributed by atoms with Crippen LogP contribution in [0, 0.1) is 0 Å². The Morgan fingerprint density at radius 2 is 1.58 bits per heavy atom. The summed E-state index contributed by atoms with van der Waals surface area (Å²) in [5.74, 6) is 0. The van der Waals surface area contributed by atoms with Gasteiger partial charge in [0.05, 0.1) is 0 Å². The molecule has 0 saturated carbocycles. The van der Waals surface area contributed by atoms with E-state index < -0.39 is 18.1 Å². The maximum Gasteiger partial charge on any atom is 0.387 e. The molecule has 0 unspecified atom stereocenters. The van der Waals surface area contributed by atoms with E-state index in [1.807, 2.05) is 0 Å². The molecule has 0 N–H and O–H groups in total. The van der Waals surface area contributed by atoms with Gasteiger partial charge in [0.1, 0.15) is 0 Å². The minimum Gasteiger partial charge on any atom is -0.655 e. The first-order chi connectivity index (χ1) is 5.12. The summed E-state index contributed by atoms with van der Waals surface area (Å²) in [6.07, 6.45) is -4.97. The van der Waals surface area contributed by atoms with Crippen molar-refractivity contribution >= 4 is 0 Å². The van der Waals surface area contributed by atoms with E-state index in [9.17, 15) is 13.2 Å². The van der Waals surface area contributed by atoms with Crippen LogP contribution in [0.25, 0.3) is 5.32 Å². The van der Waals surface area contributed by atoms with Crippen LogP contribution >= 0.6 is 0 Å². The smallest absolute Gasteiger partial charge is 0.387 e. The number of nitrogens with zero attached hydrogens (tertiary/aromatic N) is 1. The Balaban J connectivity index is 4.04. The lowest BCUT2D eigenvalue weighted by molar-refractivity contribution is -0.142. The van der Waals surface area contributed by atoms with Crippen LogP contribution in [0.3, 0.4) is 0 Å². The third-order valence-electron chi connectivity index (χ3n) is 1.24. The van der Waals surface area contributed by atoms with Gasteiger partial charge in [-0.2, -0.15) is 13.2 Å². The number of halogens is 3. The van der Waals surface area contributed by atoms with Gasteiger partial charge >= 0.3 is 6.18 Å². The summed E-state index contributed by atoms with van der Waals surface area (Å²) in [5.41, 5.74) is -0.994. The Morgan fingerprint density at radius 3 is 1.83 bits per heavy atom. The van der Waals surface area contributed by atoms with E-state index in [1.165, 1.54) is 13.8 Å². The zero-order chi connectivity index (χ0) is 9.99. The summed E-state index contributed by atoms with van der Waals surface area (Å²) < 4.78 is 35.8. The van der Waals surface area contributed by atoms with Gasteiger partial charge in [0, 0.05) is 6.42 Å². The molecule has 0 bridgehead atoms. The Kier molecular flexibility index (Phi) is 3.57. The molecule has 1 nitrogen and oxygen atoms in total. The van der Waals surface area contributed by atoms with Crippen LogP contribution in [0.15, 0.2) is 0 Å². The Morgan fingerprint density at radius 1 is 1.17 bits per heavy atom. The van der Waals surface area contributed by atoms with E-state index in [4.69, 9.17) is 0 Å². The van der Waals surface area contributed by atoms with Crippen LogP contribution in [0.2, 0.25) is 0 Å². The van der Waals surface area contributed by atoms with Crippen molar-refractivity contribution in [3.05, 3.63) is 5.32 Å². The first-order valence-corrected chi connectivity index (χ1v) is 3.91. The molecule has 12 heavy (non-hydrogen) atoms. The van der Waals surface area contributed by atoms with Gasteiger partial charge in [0.25, 0.3) is 0 Å². The van der Waals surface area contributed by atoms with Crippen LogP contribution in [-0.4, -0.2) is 17.8 Å². The largest absolute Gasteiger partial charge is 0.655 e. The predicted octanol–water partition coefficient (Wildman–Crippen LogP) is 3.50. The molecule has 0 amide bonds. The highest BCUT2D eigenvalue weighted by atomic mass is 19.4. The van der Waals surface area contributed by atoms with Crippen LogP contribution in [0.1, 0.15) is 34.1 Å². The van der Waals surface area contributed by atoms with E-state index in [0.29, 0.717) is 0 Å². The quantitative estimate of drug-likeness (QED) is 0.634. The number of hydrogen-bond donors (Lipinski definition) is 0. The maximum absolute atomic E-state index is 11.9. The molecule has 0 heterocycles. The maximum atomic E-state index is 11.9. The van der Waals surface area contributed by atoms with Crippen LogP contribution in [0.5, 0.6) is 0 Å². The minimum atomic E-state index is -4.12. The van der Waals surface area contributed by atoms with E-state index >= 15 is 0 Å². The van der Waals surface area contributed by atoms with Gasteiger partial charge in [-0.3, -0.25) is 0 Å². The van der Waals surface area contributed by atoms with Crippen LogP contribution < -0.4 is 0 Å². The highest BCUT2D eigenvalue weighted by Gasteiger charge is 2.31. The summed E-state index contributed by atoms with van der Waals surface area (Å²) in [4.78, 5) is 0. The highest BCUT2D eigenvalue weighted by molar-refractivity contribution is 5.04. The molecule has 4 heteroatoms. The molecular formula is C8H15F3N-. The van der Waals surface area contributed by atoms with Crippen molar-refractivity contribution in [2.45, 2.75) is 51.9 Å². The Bertz CT molecular complexity index is 138. The molecule has 0 aromatic heterocycles. The Labute approximate surface area is 71.3 Å². The third-order valence-corrected chi connectivity index (χ3v) is 1.24. The zero-order valence-electron chi connectivity index (χ0n) is 7.87. The molecule has 0 rings (SSSR count). The fourth-order valence-electron chi connectivity index (χ4n) is 1.24. The monoisotopic (exact) mass is 182 g/mol. The molecule has 0 atom stereocenters. The van der Waals surface area contributed by atoms with E-state index in [-0.39, 0.29) is 6.04 Å². The van der Waals surface area contributed by atoms with Crippen LogP contribution in [0.4, 0.5) is 13.2 Å². The van der Waals surface area contributed by atoms with Crippen molar-refractivity contribution < 1.29 is 13.2 Å². The van der Waals surface area contributed by atoms with Gasteiger partial charge in [-0.25, -0.2) is 0 Å². The summed E-state index contributed by atoms with van der Waals surface area (Å²) >= 11 is 0. The minimum absolute atomic E-state index is 0.0534. The van der Waals surface area contributed by atoms with E-state index in [2.05, 4.69) is 5.32 Å². The standard InChI is InChI=1S/C8H15F3N/c1-6(2)12-7(3,4)5-8(9,10)11/h6H,5H2,1-4H3/q-1. The summed E-state index contributed by atoms with van der Waals surface area (Å²) in [6.45, 7) is 6.55. The third kappa shape index (κ3) is 6.46. The van der Waals surface area contributed by atoms with Gasteiger partial charge in [0.15, 0.2) is 0 Å². The second-order valence-electron chi connectivity index (χ2n) is 3.83. The molecule has 0 fully saturated rings. The molecule has 0 aliphatic rings. The average molecular weight is 182 g/mol. The summed E-state index contributed by atoms with van der Waals surface area (Å²) in [6, 6.07) is -0.0534. The Hall–Kier alpha value is -0.250. The number of rotatable bonds is 3.